The normalized spacial score (nSPS) is 9.56. The summed E-state index contributed by atoms with van der Waals surface area (Å²) in [5.41, 5.74) is 7.65. The van der Waals surface area contributed by atoms with E-state index < -0.39 is 0 Å². The smallest absolute Gasteiger partial charge is 0.0389 e. The van der Waals surface area contributed by atoms with Gasteiger partial charge in [0.25, 0.3) is 0 Å². The standard InChI is InChI=1S/C7H10NP/c1-5-2-3-7(9)6(8)4-5/h2-4H,8-9H2,1H3. The largest absolute Gasteiger partial charge is 0.398 e. The molecule has 0 spiro atoms. The molecule has 0 radical (unpaired) electrons. The Morgan fingerprint density at radius 1 is 1.44 bits per heavy atom. The molecule has 2 N–H and O–H groups in total. The summed E-state index contributed by atoms with van der Waals surface area (Å²) >= 11 is 0. The summed E-state index contributed by atoms with van der Waals surface area (Å²) in [5.74, 6) is 0. The number of hydrogen-bond acceptors (Lipinski definition) is 1. The predicted molar refractivity (Wildman–Crippen MR) is 44.9 cm³/mol. The summed E-state index contributed by atoms with van der Waals surface area (Å²) in [6.07, 6.45) is 0. The predicted octanol–water partition coefficient (Wildman–Crippen LogP) is 1.08. The van der Waals surface area contributed by atoms with Gasteiger partial charge in [-0.05, 0) is 23.9 Å². The van der Waals surface area contributed by atoms with E-state index in [0.29, 0.717) is 0 Å². The van der Waals surface area contributed by atoms with E-state index in [0.717, 1.165) is 11.0 Å². The lowest BCUT2D eigenvalue weighted by molar-refractivity contribution is 1.49. The van der Waals surface area contributed by atoms with Crippen LogP contribution < -0.4 is 11.0 Å². The molecular weight excluding hydrogens is 129 g/mol. The molecule has 2 heteroatoms. The Morgan fingerprint density at radius 2 is 2.11 bits per heavy atom. The second kappa shape index (κ2) is 2.36. The first-order chi connectivity index (χ1) is 4.20. The number of rotatable bonds is 0. The molecule has 0 aliphatic carbocycles. The van der Waals surface area contributed by atoms with Crippen LogP contribution in [-0.2, 0) is 0 Å². The molecule has 0 amide bonds. The summed E-state index contributed by atoms with van der Waals surface area (Å²) in [6, 6.07) is 6.00. The Labute approximate surface area is 57.5 Å². The van der Waals surface area contributed by atoms with Crippen molar-refractivity contribution in [2.75, 3.05) is 5.73 Å². The number of anilines is 1. The van der Waals surface area contributed by atoms with Crippen molar-refractivity contribution in [2.45, 2.75) is 6.92 Å². The molecule has 0 bridgehead atoms. The fourth-order valence-corrected chi connectivity index (χ4v) is 0.874. The van der Waals surface area contributed by atoms with E-state index in [1.807, 2.05) is 25.1 Å². The van der Waals surface area contributed by atoms with E-state index in [-0.39, 0.29) is 0 Å². The van der Waals surface area contributed by atoms with Gasteiger partial charge in [-0.15, -0.1) is 9.24 Å². The van der Waals surface area contributed by atoms with Gasteiger partial charge in [0.05, 0.1) is 0 Å². The minimum Gasteiger partial charge on any atom is -0.398 e. The highest BCUT2D eigenvalue weighted by Gasteiger charge is 1.89. The van der Waals surface area contributed by atoms with Crippen LogP contribution >= 0.6 is 9.24 Å². The van der Waals surface area contributed by atoms with Gasteiger partial charge >= 0.3 is 0 Å². The van der Waals surface area contributed by atoms with Crippen LogP contribution in [0.15, 0.2) is 18.2 Å². The fourth-order valence-electron chi connectivity index (χ4n) is 0.694. The second-order valence-corrected chi connectivity index (χ2v) is 2.75. The maximum Gasteiger partial charge on any atom is 0.0389 e. The first kappa shape index (κ1) is 6.57. The number of hydrogen-bond donors (Lipinski definition) is 1. The van der Waals surface area contributed by atoms with Gasteiger partial charge in [-0.1, -0.05) is 12.1 Å². The van der Waals surface area contributed by atoms with Gasteiger partial charge in [-0.25, -0.2) is 0 Å². The number of nitrogens with two attached hydrogens (primary N) is 1. The topological polar surface area (TPSA) is 26.0 Å². The van der Waals surface area contributed by atoms with Crippen molar-refractivity contribution in [2.24, 2.45) is 0 Å². The van der Waals surface area contributed by atoms with Crippen molar-refractivity contribution in [3.05, 3.63) is 23.8 Å². The first-order valence-corrected chi connectivity index (χ1v) is 3.39. The Bertz CT molecular complexity index is 220. The van der Waals surface area contributed by atoms with Crippen molar-refractivity contribution < 1.29 is 0 Å². The molecule has 1 aromatic carbocycles. The lowest BCUT2D eigenvalue weighted by Gasteiger charge is -1.98. The average molecular weight is 139 g/mol. The zero-order valence-electron chi connectivity index (χ0n) is 5.39. The molecule has 0 saturated carbocycles. The van der Waals surface area contributed by atoms with E-state index in [4.69, 9.17) is 5.73 Å². The molecule has 1 aromatic rings. The summed E-state index contributed by atoms with van der Waals surface area (Å²) < 4.78 is 0. The average Bonchev–Trinajstić information content (AvgIpc) is 1.80. The molecule has 0 aromatic heterocycles. The lowest BCUT2D eigenvalue weighted by atomic mass is 10.2. The fraction of sp³-hybridized carbons (Fsp3) is 0.143. The van der Waals surface area contributed by atoms with E-state index in [2.05, 4.69) is 9.24 Å². The molecule has 0 fully saturated rings. The molecule has 9 heavy (non-hydrogen) atoms. The van der Waals surface area contributed by atoms with Crippen LogP contribution in [0.4, 0.5) is 5.69 Å². The third-order valence-electron chi connectivity index (χ3n) is 1.24. The Balaban J connectivity index is 3.17. The maximum absolute atomic E-state index is 5.60. The summed E-state index contributed by atoms with van der Waals surface area (Å²) in [6.45, 7) is 2.03. The summed E-state index contributed by atoms with van der Waals surface area (Å²) in [4.78, 5) is 0. The summed E-state index contributed by atoms with van der Waals surface area (Å²) in [7, 11) is 2.58. The van der Waals surface area contributed by atoms with Crippen LogP contribution in [0.5, 0.6) is 0 Å². The van der Waals surface area contributed by atoms with Crippen molar-refractivity contribution >= 4 is 20.2 Å². The van der Waals surface area contributed by atoms with Crippen LogP contribution in [0.25, 0.3) is 0 Å². The molecule has 1 rings (SSSR count). The van der Waals surface area contributed by atoms with E-state index >= 15 is 0 Å². The second-order valence-electron chi connectivity index (χ2n) is 2.13. The third kappa shape index (κ3) is 1.43. The monoisotopic (exact) mass is 139 g/mol. The van der Waals surface area contributed by atoms with Gasteiger partial charge in [-0.3, -0.25) is 0 Å². The van der Waals surface area contributed by atoms with Crippen LogP contribution in [0.2, 0.25) is 0 Å². The summed E-state index contributed by atoms with van der Waals surface area (Å²) in [5, 5.41) is 1.07. The maximum atomic E-state index is 5.60. The van der Waals surface area contributed by atoms with Gasteiger partial charge < -0.3 is 5.73 Å². The Kier molecular flexibility index (Phi) is 1.73. The van der Waals surface area contributed by atoms with Crippen molar-refractivity contribution in [3.8, 4) is 0 Å². The van der Waals surface area contributed by atoms with E-state index in [1.165, 1.54) is 5.56 Å². The molecule has 1 nitrogen and oxygen atoms in total. The quantitative estimate of drug-likeness (QED) is 0.422. The van der Waals surface area contributed by atoms with Crippen molar-refractivity contribution in [3.63, 3.8) is 0 Å². The van der Waals surface area contributed by atoms with Crippen molar-refractivity contribution in [1.82, 2.24) is 0 Å². The van der Waals surface area contributed by atoms with Gasteiger partial charge in [0.2, 0.25) is 0 Å². The van der Waals surface area contributed by atoms with Crippen LogP contribution in [0, 0.1) is 6.92 Å². The number of aryl methyl sites for hydroxylation is 1. The minimum absolute atomic E-state index is 0.847. The Hall–Kier alpha value is -0.550. The lowest BCUT2D eigenvalue weighted by Crippen LogP contribution is -2.00. The highest BCUT2D eigenvalue weighted by atomic mass is 31.0. The molecule has 48 valence electrons. The first-order valence-electron chi connectivity index (χ1n) is 2.82. The number of benzene rings is 1. The van der Waals surface area contributed by atoms with Gasteiger partial charge in [0, 0.05) is 5.69 Å². The molecule has 1 unspecified atom stereocenters. The third-order valence-corrected chi connectivity index (χ3v) is 1.77. The SMILES string of the molecule is Cc1ccc(P)c(N)c1. The minimum atomic E-state index is 0.847. The van der Waals surface area contributed by atoms with E-state index in [1.54, 1.807) is 0 Å². The molecular formula is C7H10NP. The molecule has 0 saturated heterocycles. The van der Waals surface area contributed by atoms with Crippen molar-refractivity contribution in [1.29, 1.82) is 0 Å². The molecule has 0 aliphatic heterocycles. The number of nitrogen functional groups attached to an aromatic ring is 1. The Morgan fingerprint density at radius 3 is 2.56 bits per heavy atom. The molecule has 1 atom stereocenters. The van der Waals surface area contributed by atoms with Gasteiger partial charge in [0.1, 0.15) is 0 Å². The van der Waals surface area contributed by atoms with Crippen LogP contribution in [0.3, 0.4) is 0 Å². The molecule has 0 heterocycles. The zero-order chi connectivity index (χ0) is 6.85. The molecule has 0 aliphatic rings. The van der Waals surface area contributed by atoms with Crippen LogP contribution in [0.1, 0.15) is 5.56 Å². The van der Waals surface area contributed by atoms with Crippen LogP contribution in [-0.4, -0.2) is 0 Å². The van der Waals surface area contributed by atoms with Gasteiger partial charge in [-0.2, -0.15) is 0 Å². The zero-order valence-corrected chi connectivity index (χ0v) is 6.54. The van der Waals surface area contributed by atoms with E-state index in [9.17, 15) is 0 Å². The highest BCUT2D eigenvalue weighted by Crippen LogP contribution is 2.05. The highest BCUT2D eigenvalue weighted by molar-refractivity contribution is 7.28. The van der Waals surface area contributed by atoms with Gasteiger partial charge in [0.15, 0.2) is 0 Å².